The van der Waals surface area contributed by atoms with E-state index < -0.39 is 11.8 Å². The van der Waals surface area contributed by atoms with Gasteiger partial charge in [0.1, 0.15) is 11.3 Å². The molecule has 0 atom stereocenters. The van der Waals surface area contributed by atoms with Gasteiger partial charge in [-0.2, -0.15) is 0 Å². The van der Waals surface area contributed by atoms with E-state index in [1.165, 1.54) is 30.3 Å². The third-order valence-electron chi connectivity index (χ3n) is 1.74. The van der Waals surface area contributed by atoms with Crippen LogP contribution in [0.2, 0.25) is 0 Å². The highest BCUT2D eigenvalue weighted by molar-refractivity contribution is 6.20. The highest BCUT2D eigenvalue weighted by Crippen LogP contribution is 2.12. The molecule has 0 aromatic heterocycles. The maximum Gasteiger partial charge on any atom is 0.254 e. The van der Waals surface area contributed by atoms with Crippen molar-refractivity contribution in [2.45, 2.75) is 0 Å². The minimum Gasteiger partial charge on any atom is -0.508 e. The Hall–Kier alpha value is -2.30. The highest BCUT2D eigenvalue weighted by Gasteiger charge is 2.10. The van der Waals surface area contributed by atoms with E-state index in [2.05, 4.69) is 0 Å². The molecular weight excluding hydrogens is 196 g/mol. The maximum absolute atomic E-state index is 10.8. The predicted octanol–water partition coefficient (Wildman–Crippen LogP) is -0.254. The van der Waals surface area contributed by atoms with Gasteiger partial charge in [0.2, 0.25) is 0 Å². The monoisotopic (exact) mass is 206 g/mol. The molecule has 0 saturated heterocycles. The molecular formula is C10H10N2O3. The van der Waals surface area contributed by atoms with Gasteiger partial charge in [-0.15, -0.1) is 0 Å². The van der Waals surface area contributed by atoms with Crippen LogP contribution in [0.25, 0.3) is 6.08 Å². The van der Waals surface area contributed by atoms with E-state index in [4.69, 9.17) is 16.6 Å². The Morgan fingerprint density at radius 2 is 1.53 bits per heavy atom. The van der Waals surface area contributed by atoms with Crippen LogP contribution in [0.1, 0.15) is 5.56 Å². The number of primary amides is 2. The van der Waals surface area contributed by atoms with Crippen molar-refractivity contribution in [1.29, 1.82) is 0 Å². The number of rotatable bonds is 3. The molecule has 0 bridgehead atoms. The van der Waals surface area contributed by atoms with Crippen LogP contribution >= 0.6 is 0 Å². The molecule has 1 aromatic carbocycles. The largest absolute Gasteiger partial charge is 0.508 e. The first-order valence-corrected chi connectivity index (χ1v) is 4.11. The van der Waals surface area contributed by atoms with Crippen molar-refractivity contribution < 1.29 is 14.7 Å². The molecule has 0 aliphatic heterocycles. The Labute approximate surface area is 86.0 Å². The van der Waals surface area contributed by atoms with E-state index in [0.717, 1.165) is 0 Å². The molecule has 78 valence electrons. The van der Waals surface area contributed by atoms with Crippen LogP contribution in [0.5, 0.6) is 5.75 Å². The summed E-state index contributed by atoms with van der Waals surface area (Å²) in [7, 11) is 0. The van der Waals surface area contributed by atoms with Crippen LogP contribution in [-0.2, 0) is 9.59 Å². The number of aromatic hydroxyl groups is 1. The molecule has 2 amide bonds. The average Bonchev–Trinajstić information content (AvgIpc) is 2.15. The molecule has 0 saturated carbocycles. The van der Waals surface area contributed by atoms with E-state index in [0.29, 0.717) is 5.56 Å². The molecule has 0 fully saturated rings. The molecule has 15 heavy (non-hydrogen) atoms. The summed E-state index contributed by atoms with van der Waals surface area (Å²) in [5.41, 5.74) is 10.2. The number of nitrogens with two attached hydrogens (primary N) is 2. The van der Waals surface area contributed by atoms with E-state index in [1.807, 2.05) is 0 Å². The molecule has 1 rings (SSSR count). The van der Waals surface area contributed by atoms with E-state index in [-0.39, 0.29) is 11.3 Å². The lowest BCUT2D eigenvalue weighted by atomic mass is 10.1. The van der Waals surface area contributed by atoms with Gasteiger partial charge in [-0.3, -0.25) is 9.59 Å². The van der Waals surface area contributed by atoms with Gasteiger partial charge in [0.25, 0.3) is 11.8 Å². The van der Waals surface area contributed by atoms with Crippen LogP contribution in [0.3, 0.4) is 0 Å². The van der Waals surface area contributed by atoms with Gasteiger partial charge < -0.3 is 16.6 Å². The SMILES string of the molecule is NC(=O)C(=Cc1ccc(O)cc1)C(N)=O. The smallest absolute Gasteiger partial charge is 0.254 e. The normalized spacial score (nSPS) is 9.33. The highest BCUT2D eigenvalue weighted by atomic mass is 16.3. The fourth-order valence-corrected chi connectivity index (χ4v) is 1.00. The molecule has 0 radical (unpaired) electrons. The Bertz CT molecular complexity index is 405. The number of benzene rings is 1. The minimum atomic E-state index is -0.879. The summed E-state index contributed by atoms with van der Waals surface area (Å²) in [6.07, 6.45) is 1.27. The van der Waals surface area contributed by atoms with Crippen molar-refractivity contribution in [1.82, 2.24) is 0 Å². The lowest BCUT2D eigenvalue weighted by Gasteiger charge is -1.98. The Morgan fingerprint density at radius 1 is 1.07 bits per heavy atom. The van der Waals surface area contributed by atoms with Crippen molar-refractivity contribution in [3.05, 3.63) is 35.4 Å². The fourth-order valence-electron chi connectivity index (χ4n) is 1.00. The Morgan fingerprint density at radius 3 is 1.93 bits per heavy atom. The number of amides is 2. The van der Waals surface area contributed by atoms with Gasteiger partial charge in [-0.1, -0.05) is 12.1 Å². The van der Waals surface area contributed by atoms with Crippen LogP contribution in [0.4, 0.5) is 0 Å². The molecule has 5 N–H and O–H groups in total. The molecule has 0 heterocycles. The first-order valence-electron chi connectivity index (χ1n) is 4.11. The van der Waals surface area contributed by atoms with Gasteiger partial charge in [-0.25, -0.2) is 0 Å². The average molecular weight is 206 g/mol. The van der Waals surface area contributed by atoms with Crippen LogP contribution < -0.4 is 11.5 Å². The maximum atomic E-state index is 10.8. The summed E-state index contributed by atoms with van der Waals surface area (Å²) in [5, 5.41) is 9.01. The van der Waals surface area contributed by atoms with Crippen molar-refractivity contribution >= 4 is 17.9 Å². The van der Waals surface area contributed by atoms with Gasteiger partial charge in [0.05, 0.1) is 0 Å². The third kappa shape index (κ3) is 2.84. The van der Waals surface area contributed by atoms with Crippen molar-refractivity contribution in [2.24, 2.45) is 11.5 Å². The number of hydrogen-bond donors (Lipinski definition) is 3. The molecule has 0 aliphatic rings. The van der Waals surface area contributed by atoms with Crippen LogP contribution in [0.15, 0.2) is 29.8 Å². The number of phenols is 1. The summed E-state index contributed by atoms with van der Waals surface area (Å²) in [4.78, 5) is 21.6. The molecule has 5 heteroatoms. The van der Waals surface area contributed by atoms with Gasteiger partial charge in [-0.05, 0) is 23.8 Å². The topological polar surface area (TPSA) is 106 Å². The van der Waals surface area contributed by atoms with Crippen molar-refractivity contribution in [3.8, 4) is 5.75 Å². The second-order valence-electron chi connectivity index (χ2n) is 2.88. The Balaban J connectivity index is 3.08. The lowest BCUT2D eigenvalue weighted by Crippen LogP contribution is -2.25. The number of carbonyl (C=O) groups is 2. The zero-order valence-electron chi connectivity index (χ0n) is 7.81. The number of hydrogen-bond acceptors (Lipinski definition) is 3. The number of phenolic OH excluding ortho intramolecular Hbond substituents is 1. The molecule has 1 aromatic rings. The lowest BCUT2D eigenvalue weighted by molar-refractivity contribution is -0.120. The van der Waals surface area contributed by atoms with E-state index in [1.54, 1.807) is 0 Å². The van der Waals surface area contributed by atoms with Gasteiger partial charge in [0.15, 0.2) is 0 Å². The first-order chi connectivity index (χ1) is 7.00. The zero-order valence-corrected chi connectivity index (χ0v) is 7.81. The minimum absolute atomic E-state index is 0.0897. The van der Waals surface area contributed by atoms with Crippen molar-refractivity contribution in [2.75, 3.05) is 0 Å². The number of carbonyl (C=O) groups excluding carboxylic acids is 2. The molecule has 0 spiro atoms. The summed E-state index contributed by atoms with van der Waals surface area (Å²) in [6.45, 7) is 0. The quantitative estimate of drug-likeness (QED) is 0.360. The molecule has 5 nitrogen and oxygen atoms in total. The first kappa shape index (κ1) is 10.8. The molecule has 0 unspecified atom stereocenters. The summed E-state index contributed by atoms with van der Waals surface area (Å²) in [6, 6.07) is 5.90. The summed E-state index contributed by atoms with van der Waals surface area (Å²) in [5.74, 6) is -1.67. The standard InChI is InChI=1S/C10H10N2O3/c11-9(14)8(10(12)15)5-6-1-3-7(13)4-2-6/h1-5,13H,(H2,11,14)(H2,12,15). The van der Waals surface area contributed by atoms with E-state index in [9.17, 15) is 9.59 Å². The van der Waals surface area contributed by atoms with Crippen LogP contribution in [-0.4, -0.2) is 16.9 Å². The Kier molecular flexibility index (Phi) is 3.07. The van der Waals surface area contributed by atoms with Crippen molar-refractivity contribution in [3.63, 3.8) is 0 Å². The van der Waals surface area contributed by atoms with Crippen LogP contribution in [0, 0.1) is 0 Å². The predicted molar refractivity (Wildman–Crippen MR) is 54.5 cm³/mol. The second kappa shape index (κ2) is 4.28. The zero-order chi connectivity index (χ0) is 11.4. The van der Waals surface area contributed by atoms with Gasteiger partial charge >= 0.3 is 0 Å². The summed E-state index contributed by atoms with van der Waals surface area (Å²) >= 11 is 0. The van der Waals surface area contributed by atoms with Gasteiger partial charge in [0, 0.05) is 0 Å². The van der Waals surface area contributed by atoms with E-state index >= 15 is 0 Å². The fraction of sp³-hybridized carbons (Fsp3) is 0. The second-order valence-corrected chi connectivity index (χ2v) is 2.88. The summed E-state index contributed by atoms with van der Waals surface area (Å²) < 4.78 is 0. The molecule has 0 aliphatic carbocycles. The third-order valence-corrected chi connectivity index (χ3v) is 1.74.